The number of rotatable bonds is 18. The summed E-state index contributed by atoms with van der Waals surface area (Å²) in [7, 11) is 6.44. The predicted octanol–water partition coefficient (Wildman–Crippen LogP) is 7.24. The summed E-state index contributed by atoms with van der Waals surface area (Å²) in [5.74, 6) is 0.297. The quantitative estimate of drug-likeness (QED) is 0.0494. The lowest BCUT2D eigenvalue weighted by Gasteiger charge is -2.32. The normalized spacial score (nSPS) is 14.4. The highest BCUT2D eigenvalue weighted by molar-refractivity contribution is 7.16. The number of carbonyl (C=O) groups excluding carboxylic acids is 4. The standard InChI is InChI=1S/2C28H30FN7O4S.2H2/c2*1-15-13-30-28(33-24-5-7-31-35(24)3)34-25(15)23-12-20-22(41-23)6-8-36(27(20)39)16(2)26(38)32-21(14-37)17-9-18(29)11-19(10-17)40-4;;/h2*5,7,9-13,16,21,37H,6,8,14H2,1-4H3,(H,32,38)(H,30,33,34);2*1H/t16-,21+;16-,21-;;/m01../s1. The molecule has 22 nitrogen and oxygen atoms in total. The van der Waals surface area contributed by atoms with Crippen LogP contribution in [0.25, 0.3) is 21.1 Å². The second-order valence-electron chi connectivity index (χ2n) is 19.5. The molecule has 26 heteroatoms. The molecule has 2 aromatic carbocycles. The van der Waals surface area contributed by atoms with E-state index in [1.54, 1.807) is 60.1 Å². The third-order valence-corrected chi connectivity index (χ3v) is 16.5. The molecule has 8 aromatic rings. The zero-order valence-corrected chi connectivity index (χ0v) is 47.7. The summed E-state index contributed by atoms with van der Waals surface area (Å²) in [6.07, 6.45) is 7.96. The summed E-state index contributed by atoms with van der Waals surface area (Å²) >= 11 is 3.00. The fraction of sp³-hybridized carbons (Fsp3) is 0.321. The minimum Gasteiger partial charge on any atom is -0.497 e. The largest absolute Gasteiger partial charge is 0.497 e. The lowest BCUT2D eigenvalue weighted by molar-refractivity contribution is -0.127. The summed E-state index contributed by atoms with van der Waals surface area (Å²) in [4.78, 5) is 78.1. The van der Waals surface area contributed by atoms with Crippen LogP contribution >= 0.6 is 22.7 Å². The number of methoxy groups -OCH3 is 2. The first kappa shape index (κ1) is 58.0. The van der Waals surface area contributed by atoms with Crippen LogP contribution in [-0.2, 0) is 36.5 Å². The number of nitrogens with zero attached hydrogens (tertiary/aromatic N) is 10. The Bertz CT molecular complexity index is 3460. The van der Waals surface area contributed by atoms with Gasteiger partial charge in [0.15, 0.2) is 0 Å². The van der Waals surface area contributed by atoms with Gasteiger partial charge in [0, 0.05) is 89.3 Å². The first-order valence-electron chi connectivity index (χ1n) is 25.9. The average molecular weight is 1160 g/mol. The number of hydrogen-bond donors (Lipinski definition) is 6. The molecule has 0 radical (unpaired) electrons. The molecule has 0 fully saturated rings. The van der Waals surface area contributed by atoms with E-state index in [0.717, 1.165) is 42.3 Å². The van der Waals surface area contributed by atoms with Crippen molar-refractivity contribution in [3.8, 4) is 32.6 Å². The number of benzene rings is 2. The molecule has 10 rings (SSSR count). The Hall–Kier alpha value is -8.72. The number of hydrogen-bond acceptors (Lipinski definition) is 18. The molecule has 6 N–H and O–H groups in total. The Labute approximate surface area is 481 Å². The SMILES string of the molecule is COc1cc(F)cc([C@@H](CO)NC(=O)[C@@H](C)N2CCc3sc(-c4nc(Nc5ccnn5C)ncc4C)cc3C2=O)c1.COc1cc(F)cc([C@@H](CO)NC(=O)[C@H](C)N2CCc3sc(-c4nc(Nc5ccnn5C)ncc4C)cc3C2=O)c1.[HH].[HH]. The molecule has 0 aliphatic carbocycles. The molecule has 4 atom stereocenters. The topological polar surface area (TPSA) is 269 Å². The van der Waals surface area contributed by atoms with Crippen LogP contribution in [0.15, 0.2) is 85.5 Å². The number of fused-ring (bicyclic) bond motifs is 2. The van der Waals surface area contributed by atoms with Crippen LogP contribution in [0.4, 0.5) is 32.3 Å². The number of thiophene rings is 2. The smallest absolute Gasteiger partial charge is 0.255 e. The number of nitrogens with one attached hydrogen (secondary N) is 4. The Kier molecular flexibility index (Phi) is 17.6. The van der Waals surface area contributed by atoms with Crippen molar-refractivity contribution in [2.24, 2.45) is 14.1 Å². The van der Waals surface area contributed by atoms with E-state index in [2.05, 4.69) is 41.4 Å². The number of anilines is 4. The van der Waals surface area contributed by atoms with E-state index in [0.29, 0.717) is 71.5 Å². The molecule has 2 aliphatic heterocycles. The van der Waals surface area contributed by atoms with E-state index in [1.807, 2.05) is 52.2 Å². The number of aliphatic hydroxyl groups excluding tert-OH is 2. The van der Waals surface area contributed by atoms with Gasteiger partial charge >= 0.3 is 0 Å². The number of amides is 4. The number of aromatic nitrogens is 8. The minimum absolute atomic E-state index is 0. The number of ether oxygens (including phenoxy) is 2. The first-order chi connectivity index (χ1) is 39.4. The molecule has 0 saturated carbocycles. The van der Waals surface area contributed by atoms with Crippen molar-refractivity contribution < 1.29 is 50.5 Å². The number of halogens is 2. The fourth-order valence-corrected chi connectivity index (χ4v) is 11.8. The Balaban J connectivity index is 0.000000235. The van der Waals surface area contributed by atoms with Gasteiger partial charge in [-0.1, -0.05) is 0 Å². The second kappa shape index (κ2) is 25.0. The van der Waals surface area contributed by atoms with Crippen molar-refractivity contribution in [1.29, 1.82) is 0 Å². The monoisotopic (exact) mass is 1160 g/mol. The van der Waals surface area contributed by atoms with Gasteiger partial charge in [-0.25, -0.2) is 28.7 Å². The van der Waals surface area contributed by atoms with Crippen LogP contribution in [0.1, 0.15) is 81.5 Å². The molecule has 0 saturated heterocycles. The zero-order chi connectivity index (χ0) is 58.5. The molecule has 0 unspecified atom stereocenters. The second-order valence-corrected chi connectivity index (χ2v) is 21.7. The highest BCUT2D eigenvalue weighted by Gasteiger charge is 2.36. The van der Waals surface area contributed by atoms with Gasteiger partial charge < -0.3 is 50.8 Å². The molecular formula is C56H64F2N14O8S2. The van der Waals surface area contributed by atoms with Crippen molar-refractivity contribution in [3.63, 3.8) is 0 Å². The third-order valence-electron chi connectivity index (χ3n) is 14.0. The summed E-state index contributed by atoms with van der Waals surface area (Å²) in [6.45, 7) is 6.90. The van der Waals surface area contributed by atoms with E-state index in [4.69, 9.17) is 19.4 Å². The number of carbonyl (C=O) groups is 4. The van der Waals surface area contributed by atoms with Crippen LogP contribution in [0.3, 0.4) is 0 Å². The van der Waals surface area contributed by atoms with Gasteiger partial charge in [-0.15, -0.1) is 22.7 Å². The Morgan fingerprint density at radius 1 is 0.659 bits per heavy atom. The van der Waals surface area contributed by atoms with Gasteiger partial charge in [-0.2, -0.15) is 10.2 Å². The van der Waals surface area contributed by atoms with Crippen molar-refractivity contribution >= 4 is 69.8 Å². The highest BCUT2D eigenvalue weighted by Crippen LogP contribution is 2.38. The van der Waals surface area contributed by atoms with Gasteiger partial charge in [0.05, 0.1) is 84.2 Å². The summed E-state index contributed by atoms with van der Waals surface area (Å²) in [6, 6.07) is 11.9. The average Bonchev–Trinajstić information content (AvgIpc) is 2.73. The van der Waals surface area contributed by atoms with Gasteiger partial charge in [0.25, 0.3) is 11.8 Å². The molecule has 6 aromatic heterocycles. The minimum atomic E-state index is -0.868. The predicted molar refractivity (Wildman–Crippen MR) is 308 cm³/mol. The van der Waals surface area contributed by atoms with Crippen LogP contribution in [0, 0.1) is 25.5 Å². The van der Waals surface area contributed by atoms with E-state index in [-0.39, 0.29) is 26.2 Å². The summed E-state index contributed by atoms with van der Waals surface area (Å²) < 4.78 is 41.6. The maximum absolute atomic E-state index is 14.0. The van der Waals surface area contributed by atoms with Crippen LogP contribution < -0.4 is 30.7 Å². The fourth-order valence-electron chi connectivity index (χ4n) is 9.39. The highest BCUT2D eigenvalue weighted by atomic mass is 32.1. The first-order valence-corrected chi connectivity index (χ1v) is 27.6. The lowest BCUT2D eigenvalue weighted by Crippen LogP contribution is -2.51. The molecule has 0 spiro atoms. The van der Waals surface area contributed by atoms with Crippen molar-refractivity contribution in [3.05, 3.63) is 140 Å². The third kappa shape index (κ3) is 12.6. The van der Waals surface area contributed by atoms with Gasteiger partial charge in [-0.3, -0.25) is 28.5 Å². The molecule has 0 bridgehead atoms. The van der Waals surface area contributed by atoms with E-state index in [9.17, 15) is 38.2 Å². The van der Waals surface area contributed by atoms with E-state index < -0.39 is 60.8 Å². The van der Waals surface area contributed by atoms with Gasteiger partial charge in [0.1, 0.15) is 46.9 Å². The Morgan fingerprint density at radius 3 is 1.41 bits per heavy atom. The van der Waals surface area contributed by atoms with Crippen LogP contribution in [-0.4, -0.2) is 136 Å². The lowest BCUT2D eigenvalue weighted by atomic mass is 10.0. The number of aryl methyl sites for hydroxylation is 4. The summed E-state index contributed by atoms with van der Waals surface area (Å²) in [5.41, 5.74) is 4.93. The molecule has 4 amide bonds. The van der Waals surface area contributed by atoms with Crippen molar-refractivity contribution in [2.45, 2.75) is 64.7 Å². The van der Waals surface area contributed by atoms with Gasteiger partial charge in [0.2, 0.25) is 23.7 Å². The molecule has 432 valence electrons. The van der Waals surface area contributed by atoms with Crippen molar-refractivity contribution in [2.75, 3.05) is 51.2 Å². The van der Waals surface area contributed by atoms with Crippen LogP contribution in [0.5, 0.6) is 11.5 Å². The maximum Gasteiger partial charge on any atom is 0.255 e. The molecular weight excluding hydrogens is 1100 g/mol. The summed E-state index contributed by atoms with van der Waals surface area (Å²) in [5, 5.41) is 39.9. The Morgan fingerprint density at radius 2 is 1.06 bits per heavy atom. The van der Waals surface area contributed by atoms with E-state index in [1.165, 1.54) is 71.0 Å². The van der Waals surface area contributed by atoms with E-state index >= 15 is 0 Å². The van der Waals surface area contributed by atoms with Crippen molar-refractivity contribution in [1.82, 2.24) is 59.9 Å². The maximum atomic E-state index is 14.0. The van der Waals surface area contributed by atoms with Crippen LogP contribution in [0.2, 0.25) is 0 Å². The molecule has 82 heavy (non-hydrogen) atoms. The zero-order valence-electron chi connectivity index (χ0n) is 46.0. The molecule has 8 heterocycles. The number of aliphatic hydroxyl groups is 2. The molecule has 2 aliphatic rings. The van der Waals surface area contributed by atoms with Gasteiger partial charge in [-0.05, 0) is 86.3 Å².